The van der Waals surface area contributed by atoms with Gasteiger partial charge >= 0.3 is 0 Å². The van der Waals surface area contributed by atoms with Crippen LogP contribution in [0.3, 0.4) is 0 Å². The van der Waals surface area contributed by atoms with E-state index in [1.54, 1.807) is 0 Å². The van der Waals surface area contributed by atoms with E-state index in [0.717, 1.165) is 61.8 Å². The van der Waals surface area contributed by atoms with Crippen LogP contribution in [0.15, 0.2) is 42.5 Å². The number of rotatable bonds is 3. The second-order valence-electron chi connectivity index (χ2n) is 11.3. The van der Waals surface area contributed by atoms with Crippen molar-refractivity contribution < 1.29 is 14.7 Å². The van der Waals surface area contributed by atoms with Gasteiger partial charge in [0.05, 0.1) is 12.1 Å². The van der Waals surface area contributed by atoms with Crippen molar-refractivity contribution in [3.8, 4) is 0 Å². The van der Waals surface area contributed by atoms with Crippen LogP contribution in [0.25, 0.3) is 0 Å². The van der Waals surface area contributed by atoms with Crippen LogP contribution in [0.4, 0.5) is 5.69 Å². The zero-order valence-electron chi connectivity index (χ0n) is 20.7. The summed E-state index contributed by atoms with van der Waals surface area (Å²) in [6.07, 6.45) is 7.27. The van der Waals surface area contributed by atoms with Crippen LogP contribution in [0.1, 0.15) is 74.8 Å². The van der Waals surface area contributed by atoms with Crippen molar-refractivity contribution in [2.24, 2.45) is 0 Å². The Hall–Kier alpha value is -2.12. The van der Waals surface area contributed by atoms with Gasteiger partial charge in [-0.3, -0.25) is 14.9 Å². The molecule has 0 bridgehead atoms. The van der Waals surface area contributed by atoms with Gasteiger partial charge < -0.3 is 15.7 Å². The van der Waals surface area contributed by atoms with Crippen LogP contribution in [0, 0.1) is 0 Å². The molecule has 37 heavy (non-hydrogen) atoms. The highest BCUT2D eigenvalue weighted by molar-refractivity contribution is 6.31. The first kappa shape index (κ1) is 25.2. The molecule has 2 amide bonds. The number of hydrogen-bond acceptors (Lipinski definition) is 4. The highest BCUT2D eigenvalue weighted by atomic mass is 35.5. The van der Waals surface area contributed by atoms with E-state index >= 15 is 0 Å². The maximum absolute atomic E-state index is 14.3. The van der Waals surface area contributed by atoms with E-state index in [-0.39, 0.29) is 24.0 Å². The van der Waals surface area contributed by atoms with Gasteiger partial charge in [-0.2, -0.15) is 0 Å². The molecule has 0 unspecified atom stereocenters. The van der Waals surface area contributed by atoms with Crippen molar-refractivity contribution in [1.82, 2.24) is 10.6 Å². The summed E-state index contributed by atoms with van der Waals surface area (Å²) in [5.41, 5.74) is 0.935. The maximum Gasteiger partial charge on any atom is 0.238 e. The van der Waals surface area contributed by atoms with Crippen molar-refractivity contribution in [2.45, 2.75) is 92.8 Å². The van der Waals surface area contributed by atoms with E-state index in [0.29, 0.717) is 22.9 Å². The smallest absolute Gasteiger partial charge is 0.238 e. The highest BCUT2D eigenvalue weighted by Crippen LogP contribution is 2.62. The van der Waals surface area contributed by atoms with Gasteiger partial charge in [0.25, 0.3) is 0 Å². The molecular weight excluding hydrogens is 509 g/mol. The van der Waals surface area contributed by atoms with E-state index in [4.69, 9.17) is 23.2 Å². The van der Waals surface area contributed by atoms with Crippen molar-refractivity contribution >= 4 is 40.7 Å². The van der Waals surface area contributed by atoms with Gasteiger partial charge in [-0.15, -0.1) is 0 Å². The van der Waals surface area contributed by atoms with Crippen molar-refractivity contribution in [2.75, 3.05) is 5.32 Å². The average molecular weight is 543 g/mol. The summed E-state index contributed by atoms with van der Waals surface area (Å²) < 4.78 is 0. The molecule has 2 spiro atoms. The molecule has 1 saturated heterocycles. The minimum atomic E-state index is -0.983. The van der Waals surface area contributed by atoms with Gasteiger partial charge in [0.1, 0.15) is 5.41 Å². The van der Waals surface area contributed by atoms with Crippen molar-refractivity contribution in [3.05, 3.63) is 63.6 Å². The molecule has 8 heteroatoms. The number of benzene rings is 2. The van der Waals surface area contributed by atoms with E-state index in [1.165, 1.54) is 0 Å². The third-order valence-corrected chi connectivity index (χ3v) is 9.71. The SMILES string of the molecule is O=C(N[C@H]1CC[C@H](O)CC1)[C@@H]1NC2(CCCCC2)[C@@]2(C(=O)Nc3cc(Cl)ccc32)[C@H]1c1cccc(Cl)c1. The zero-order valence-corrected chi connectivity index (χ0v) is 22.2. The Kier molecular flexibility index (Phi) is 6.51. The first-order valence-corrected chi connectivity index (χ1v) is 14.2. The van der Waals surface area contributed by atoms with Gasteiger partial charge in [0, 0.05) is 33.2 Å². The summed E-state index contributed by atoms with van der Waals surface area (Å²) >= 11 is 12.8. The van der Waals surface area contributed by atoms with Gasteiger partial charge in [-0.1, -0.05) is 60.7 Å². The van der Waals surface area contributed by atoms with Crippen molar-refractivity contribution in [3.63, 3.8) is 0 Å². The first-order valence-electron chi connectivity index (χ1n) is 13.5. The predicted octanol–water partition coefficient (Wildman–Crippen LogP) is 5.06. The molecular formula is C29H33Cl2N3O3. The summed E-state index contributed by atoms with van der Waals surface area (Å²) in [6, 6.07) is 12.6. The van der Waals surface area contributed by atoms with Crippen LogP contribution in [-0.4, -0.2) is 40.6 Å². The van der Waals surface area contributed by atoms with Crippen LogP contribution in [0.5, 0.6) is 0 Å². The molecule has 2 heterocycles. The van der Waals surface area contributed by atoms with Crippen molar-refractivity contribution in [1.29, 1.82) is 0 Å². The van der Waals surface area contributed by atoms with Gasteiger partial charge in [0.15, 0.2) is 0 Å². The first-order chi connectivity index (χ1) is 17.8. The second-order valence-corrected chi connectivity index (χ2v) is 12.1. The number of carbonyl (C=O) groups is 2. The largest absolute Gasteiger partial charge is 0.393 e. The number of carbonyl (C=O) groups excluding carboxylic acids is 2. The number of halogens is 2. The fraction of sp³-hybridized carbons (Fsp3) is 0.517. The summed E-state index contributed by atoms with van der Waals surface area (Å²) in [5, 5.41) is 21.3. The molecule has 0 radical (unpaired) electrons. The molecule has 0 aromatic heterocycles. The van der Waals surface area contributed by atoms with Gasteiger partial charge in [-0.05, 0) is 73.9 Å². The topological polar surface area (TPSA) is 90.5 Å². The lowest BCUT2D eigenvalue weighted by molar-refractivity contribution is -0.124. The number of aliphatic hydroxyl groups excluding tert-OH is 1. The van der Waals surface area contributed by atoms with E-state index in [1.807, 2.05) is 42.5 Å². The molecule has 3 fully saturated rings. The minimum Gasteiger partial charge on any atom is -0.393 e. The van der Waals surface area contributed by atoms with Crippen LogP contribution in [0.2, 0.25) is 10.0 Å². The third kappa shape index (κ3) is 3.99. The summed E-state index contributed by atoms with van der Waals surface area (Å²) in [7, 11) is 0. The second kappa shape index (κ2) is 9.57. The Labute approximate surface area is 227 Å². The number of fused-ring (bicyclic) bond motifs is 3. The Morgan fingerprint density at radius 2 is 1.70 bits per heavy atom. The maximum atomic E-state index is 14.3. The molecule has 6 nitrogen and oxygen atoms in total. The Bertz CT molecular complexity index is 1220. The Balaban J connectivity index is 1.51. The Morgan fingerprint density at radius 3 is 2.43 bits per heavy atom. The molecule has 4 aliphatic rings. The molecule has 2 saturated carbocycles. The third-order valence-electron chi connectivity index (χ3n) is 9.24. The lowest BCUT2D eigenvalue weighted by Gasteiger charge is -2.47. The molecule has 2 aliphatic carbocycles. The van der Waals surface area contributed by atoms with E-state index < -0.39 is 22.9 Å². The molecule has 2 aromatic carbocycles. The van der Waals surface area contributed by atoms with Crippen LogP contribution in [-0.2, 0) is 15.0 Å². The minimum absolute atomic E-state index is 0.0139. The fourth-order valence-electron chi connectivity index (χ4n) is 7.70. The molecule has 6 rings (SSSR count). The van der Waals surface area contributed by atoms with Crippen LogP contribution >= 0.6 is 23.2 Å². The summed E-state index contributed by atoms with van der Waals surface area (Å²) in [4.78, 5) is 28.4. The Morgan fingerprint density at radius 1 is 0.973 bits per heavy atom. The normalized spacial score (nSPS) is 32.4. The fourth-order valence-corrected chi connectivity index (χ4v) is 8.07. The number of amides is 2. The summed E-state index contributed by atoms with van der Waals surface area (Å²) in [5.74, 6) is -0.635. The number of hydrogen-bond donors (Lipinski definition) is 4. The zero-order chi connectivity index (χ0) is 25.8. The summed E-state index contributed by atoms with van der Waals surface area (Å²) in [6.45, 7) is 0. The number of anilines is 1. The molecule has 2 aliphatic heterocycles. The average Bonchev–Trinajstić information content (AvgIpc) is 3.33. The quantitative estimate of drug-likeness (QED) is 0.437. The molecule has 3 atom stereocenters. The lowest BCUT2D eigenvalue weighted by atomic mass is 9.55. The molecule has 196 valence electrons. The molecule has 2 aromatic rings. The highest BCUT2D eigenvalue weighted by Gasteiger charge is 2.72. The van der Waals surface area contributed by atoms with Gasteiger partial charge in [-0.25, -0.2) is 0 Å². The van der Waals surface area contributed by atoms with Crippen LogP contribution < -0.4 is 16.0 Å². The standard InChI is InChI=1S/C29H33Cl2N3O3/c30-18-6-4-5-17(15-18)24-25(26(36)32-20-8-10-21(35)11-9-20)34-28(13-2-1-3-14-28)29(24)22-12-7-19(31)16-23(22)33-27(29)37/h4-7,12,15-16,20-21,24-25,34-35H,1-3,8-11,13-14H2,(H,32,36)(H,33,37)/t20-,21-,24-,25+,29+/m0/s1. The van der Waals surface area contributed by atoms with E-state index in [9.17, 15) is 14.7 Å². The molecule has 4 N–H and O–H groups in total. The predicted molar refractivity (Wildman–Crippen MR) is 145 cm³/mol. The monoisotopic (exact) mass is 541 g/mol. The number of nitrogens with one attached hydrogen (secondary N) is 3. The lowest BCUT2D eigenvalue weighted by Crippen LogP contribution is -2.60. The van der Waals surface area contributed by atoms with Gasteiger partial charge in [0.2, 0.25) is 11.8 Å². The van der Waals surface area contributed by atoms with E-state index in [2.05, 4.69) is 16.0 Å². The number of aliphatic hydroxyl groups is 1.